The zero-order chi connectivity index (χ0) is 22.7. The van der Waals surface area contributed by atoms with E-state index in [1.807, 2.05) is 42.5 Å². The molecule has 9 heteroatoms. The molecule has 0 saturated heterocycles. The molecule has 166 valence electrons. The molecule has 2 heterocycles. The van der Waals surface area contributed by atoms with Gasteiger partial charge in [-0.3, -0.25) is 0 Å². The van der Waals surface area contributed by atoms with E-state index in [4.69, 9.17) is 39.8 Å². The minimum absolute atomic E-state index is 0.584. The predicted octanol–water partition coefficient (Wildman–Crippen LogP) is 7.05. The molecular formula is C23H21BrCl3N5. The minimum Gasteiger partial charge on any atom is -0.370 e. The summed E-state index contributed by atoms with van der Waals surface area (Å²) in [6.07, 6.45) is 2.68. The molecule has 32 heavy (non-hydrogen) atoms. The van der Waals surface area contributed by atoms with Crippen molar-refractivity contribution in [2.75, 3.05) is 25.5 Å². The van der Waals surface area contributed by atoms with Crippen molar-refractivity contribution >= 4 is 62.2 Å². The number of anilines is 1. The molecule has 0 radical (unpaired) electrons. The van der Waals surface area contributed by atoms with E-state index in [0.717, 1.165) is 58.8 Å². The van der Waals surface area contributed by atoms with Gasteiger partial charge in [-0.15, -0.1) is 0 Å². The molecule has 0 atom stereocenters. The first kappa shape index (κ1) is 23.3. The van der Waals surface area contributed by atoms with Crippen LogP contribution in [0.25, 0.3) is 16.9 Å². The van der Waals surface area contributed by atoms with Crippen LogP contribution < -0.4 is 5.32 Å². The third-order valence-electron chi connectivity index (χ3n) is 5.07. The second-order valence-electron chi connectivity index (χ2n) is 7.47. The molecule has 4 rings (SSSR count). The van der Waals surface area contributed by atoms with Crippen molar-refractivity contribution in [2.24, 2.45) is 0 Å². The number of nitrogens with zero attached hydrogens (tertiary/aromatic N) is 4. The van der Waals surface area contributed by atoms with E-state index in [-0.39, 0.29) is 0 Å². The number of nitrogens with one attached hydrogen (secondary N) is 1. The summed E-state index contributed by atoms with van der Waals surface area (Å²) >= 11 is 22.4. The van der Waals surface area contributed by atoms with Gasteiger partial charge in [-0.25, -0.2) is 4.98 Å². The lowest BCUT2D eigenvalue weighted by Gasteiger charge is -2.18. The fraction of sp³-hybridized carbons (Fsp3) is 0.217. The van der Waals surface area contributed by atoms with E-state index in [0.29, 0.717) is 15.1 Å². The Kier molecular flexibility index (Phi) is 7.59. The van der Waals surface area contributed by atoms with Crippen LogP contribution in [0.5, 0.6) is 0 Å². The van der Waals surface area contributed by atoms with Gasteiger partial charge >= 0.3 is 0 Å². The normalized spacial score (nSPS) is 11.4. The monoisotopic (exact) mass is 551 g/mol. The highest BCUT2D eigenvalue weighted by Gasteiger charge is 2.13. The summed E-state index contributed by atoms with van der Waals surface area (Å²) in [6.45, 7) is 2.40. The van der Waals surface area contributed by atoms with Crippen molar-refractivity contribution in [1.29, 1.82) is 0 Å². The Labute approximate surface area is 210 Å². The summed E-state index contributed by atoms with van der Waals surface area (Å²) in [5.41, 5.74) is 3.43. The zero-order valence-electron chi connectivity index (χ0n) is 17.3. The first-order chi connectivity index (χ1) is 15.4. The van der Waals surface area contributed by atoms with Crippen molar-refractivity contribution in [3.8, 4) is 11.3 Å². The van der Waals surface area contributed by atoms with Crippen LogP contribution in [0.4, 0.5) is 5.82 Å². The van der Waals surface area contributed by atoms with Gasteiger partial charge in [0.1, 0.15) is 5.82 Å². The molecule has 0 amide bonds. The lowest BCUT2D eigenvalue weighted by atomic mass is 10.1. The lowest BCUT2D eigenvalue weighted by Crippen LogP contribution is -2.21. The van der Waals surface area contributed by atoms with Crippen LogP contribution in [0.2, 0.25) is 15.1 Å². The molecule has 1 N–H and O–H groups in total. The second-order valence-corrected chi connectivity index (χ2v) is 9.51. The Bertz CT molecular complexity index is 1240. The summed E-state index contributed by atoms with van der Waals surface area (Å²) in [5.74, 6) is 0.858. The number of fused-ring (bicyclic) bond motifs is 1. The highest BCUT2D eigenvalue weighted by atomic mass is 79.9. The van der Waals surface area contributed by atoms with Gasteiger partial charge < -0.3 is 10.2 Å². The number of halogens is 4. The van der Waals surface area contributed by atoms with E-state index in [1.54, 1.807) is 16.8 Å². The summed E-state index contributed by atoms with van der Waals surface area (Å²) in [6, 6.07) is 15.4. The quantitative estimate of drug-likeness (QED) is 0.238. The Balaban J connectivity index is 1.44. The van der Waals surface area contributed by atoms with Gasteiger partial charge in [-0.1, -0.05) is 65.1 Å². The number of aromatic nitrogens is 3. The first-order valence-electron chi connectivity index (χ1n) is 10.1. The van der Waals surface area contributed by atoms with E-state index < -0.39 is 0 Å². The van der Waals surface area contributed by atoms with Crippen LogP contribution in [0.3, 0.4) is 0 Å². The Hall–Kier alpha value is -1.83. The van der Waals surface area contributed by atoms with Crippen molar-refractivity contribution in [2.45, 2.75) is 13.0 Å². The molecule has 0 saturated carbocycles. The largest absolute Gasteiger partial charge is 0.370 e. The van der Waals surface area contributed by atoms with E-state index in [9.17, 15) is 0 Å². The molecule has 4 aromatic rings. The highest BCUT2D eigenvalue weighted by molar-refractivity contribution is 9.10. The molecule has 0 spiro atoms. The molecule has 0 fully saturated rings. The van der Waals surface area contributed by atoms with Crippen LogP contribution in [0.15, 0.2) is 59.2 Å². The molecule has 2 aromatic heterocycles. The molecular weight excluding hydrogens is 533 g/mol. The summed E-state index contributed by atoms with van der Waals surface area (Å²) in [5, 5.41) is 9.79. The van der Waals surface area contributed by atoms with Crippen molar-refractivity contribution in [3.05, 3.63) is 79.8 Å². The number of benzene rings is 2. The van der Waals surface area contributed by atoms with E-state index >= 15 is 0 Å². The summed E-state index contributed by atoms with van der Waals surface area (Å²) < 4.78 is 2.62. The van der Waals surface area contributed by atoms with Crippen molar-refractivity contribution in [1.82, 2.24) is 19.5 Å². The molecule has 5 nitrogen and oxygen atoms in total. The summed E-state index contributed by atoms with van der Waals surface area (Å²) in [7, 11) is 2.07. The standard InChI is InChI=1S/C23H21BrCl3N5/c1-31(14-15-6-4-9-19(26)22(15)27)11-5-10-28-21-12-20(16-7-2-3-8-18(16)25)30-23-17(24)13-29-32(21)23/h2-4,6-9,12-13,28H,5,10-11,14H2,1H3. The Morgan fingerprint density at radius 1 is 1.06 bits per heavy atom. The highest BCUT2D eigenvalue weighted by Crippen LogP contribution is 2.30. The predicted molar refractivity (Wildman–Crippen MR) is 137 cm³/mol. The van der Waals surface area contributed by atoms with Crippen LogP contribution in [-0.4, -0.2) is 39.6 Å². The van der Waals surface area contributed by atoms with Crippen LogP contribution >= 0.6 is 50.7 Å². The zero-order valence-corrected chi connectivity index (χ0v) is 21.2. The van der Waals surface area contributed by atoms with Crippen molar-refractivity contribution < 1.29 is 0 Å². The fourth-order valence-electron chi connectivity index (χ4n) is 3.47. The maximum absolute atomic E-state index is 6.41. The number of hydrogen-bond acceptors (Lipinski definition) is 4. The van der Waals surface area contributed by atoms with Gasteiger partial charge in [0, 0.05) is 29.7 Å². The van der Waals surface area contributed by atoms with Gasteiger partial charge in [-0.05, 0) is 53.6 Å². The minimum atomic E-state index is 0.584. The fourth-order valence-corrected chi connectivity index (χ4v) is 4.44. The third-order valence-corrected chi connectivity index (χ3v) is 6.82. The van der Waals surface area contributed by atoms with E-state index in [2.05, 4.69) is 38.3 Å². The van der Waals surface area contributed by atoms with Crippen LogP contribution in [-0.2, 0) is 6.54 Å². The average molecular weight is 554 g/mol. The SMILES string of the molecule is CN(CCCNc1cc(-c2ccccc2Cl)nc2c(Br)cnn12)Cc1cccc(Cl)c1Cl. The topological polar surface area (TPSA) is 45.5 Å². The average Bonchev–Trinajstić information content (AvgIpc) is 3.15. The summed E-state index contributed by atoms with van der Waals surface area (Å²) in [4.78, 5) is 6.97. The van der Waals surface area contributed by atoms with E-state index in [1.165, 1.54) is 0 Å². The van der Waals surface area contributed by atoms with Gasteiger partial charge in [-0.2, -0.15) is 9.61 Å². The van der Waals surface area contributed by atoms with Gasteiger partial charge in [0.15, 0.2) is 5.65 Å². The maximum Gasteiger partial charge on any atom is 0.172 e. The van der Waals surface area contributed by atoms with Gasteiger partial charge in [0.05, 0.1) is 26.4 Å². The lowest BCUT2D eigenvalue weighted by molar-refractivity contribution is 0.325. The van der Waals surface area contributed by atoms with Crippen LogP contribution in [0, 0.1) is 0 Å². The smallest absolute Gasteiger partial charge is 0.172 e. The molecule has 0 aliphatic carbocycles. The number of rotatable bonds is 8. The second kappa shape index (κ2) is 10.4. The van der Waals surface area contributed by atoms with Gasteiger partial charge in [0.25, 0.3) is 0 Å². The first-order valence-corrected chi connectivity index (χ1v) is 12.0. The van der Waals surface area contributed by atoms with Crippen molar-refractivity contribution in [3.63, 3.8) is 0 Å². The molecule has 0 bridgehead atoms. The molecule has 2 aromatic carbocycles. The third kappa shape index (κ3) is 5.21. The van der Waals surface area contributed by atoms with Gasteiger partial charge in [0.2, 0.25) is 0 Å². The van der Waals surface area contributed by atoms with Crippen LogP contribution in [0.1, 0.15) is 12.0 Å². The molecule has 0 aliphatic rings. The molecule has 0 aliphatic heterocycles. The molecule has 0 unspecified atom stereocenters. The maximum atomic E-state index is 6.41. The Morgan fingerprint density at radius 2 is 1.84 bits per heavy atom. The number of hydrogen-bond donors (Lipinski definition) is 1. The Morgan fingerprint density at radius 3 is 2.66 bits per heavy atom.